The summed E-state index contributed by atoms with van der Waals surface area (Å²) in [6, 6.07) is 0. The number of β-lactam (4-membered cyclic amide) rings is 1. The molecule has 3 heteroatoms. The van der Waals surface area contributed by atoms with E-state index in [0.717, 1.165) is 12.8 Å². The Kier molecular flexibility index (Phi) is 11.4. The molecule has 136 valence electrons. The molecule has 0 saturated carbocycles. The number of carbonyl (C=O) groups is 1. The summed E-state index contributed by atoms with van der Waals surface area (Å²) >= 11 is 0. The normalized spacial score (nSPS) is 20.3. The lowest BCUT2D eigenvalue weighted by atomic mass is 9.83. The van der Waals surface area contributed by atoms with Crippen molar-refractivity contribution in [2.75, 3.05) is 6.61 Å². The van der Waals surface area contributed by atoms with Crippen molar-refractivity contribution >= 4 is 5.91 Å². The lowest BCUT2D eigenvalue weighted by Gasteiger charge is -2.40. The van der Waals surface area contributed by atoms with Gasteiger partial charge in [0.1, 0.15) is 0 Å². The zero-order valence-electron chi connectivity index (χ0n) is 15.4. The minimum absolute atomic E-state index is 0.0874. The van der Waals surface area contributed by atoms with Crippen LogP contribution in [0.2, 0.25) is 0 Å². The first-order chi connectivity index (χ1) is 11.2. The number of hydrogen-bond donors (Lipinski definition) is 2. The van der Waals surface area contributed by atoms with Crippen LogP contribution in [0.15, 0.2) is 0 Å². The van der Waals surface area contributed by atoms with Crippen LogP contribution in [-0.2, 0) is 4.79 Å². The van der Waals surface area contributed by atoms with Crippen molar-refractivity contribution in [3.63, 3.8) is 0 Å². The summed E-state index contributed by atoms with van der Waals surface area (Å²) in [5.41, 5.74) is -0.270. The molecule has 1 atom stereocenters. The van der Waals surface area contributed by atoms with E-state index < -0.39 is 0 Å². The second-order valence-corrected chi connectivity index (χ2v) is 7.51. The number of unbranched alkanes of at least 4 members (excludes halogenated alkanes) is 13. The van der Waals surface area contributed by atoms with Crippen LogP contribution in [0.4, 0.5) is 0 Å². The van der Waals surface area contributed by atoms with Gasteiger partial charge in [0.2, 0.25) is 5.91 Å². The Bertz CT molecular complexity index is 296. The van der Waals surface area contributed by atoms with E-state index in [9.17, 15) is 9.90 Å². The molecule has 0 aromatic heterocycles. The van der Waals surface area contributed by atoms with Gasteiger partial charge in [-0.1, -0.05) is 96.8 Å². The van der Waals surface area contributed by atoms with Gasteiger partial charge in [-0.25, -0.2) is 0 Å². The summed E-state index contributed by atoms with van der Waals surface area (Å²) < 4.78 is 0. The second kappa shape index (κ2) is 12.8. The Labute approximate surface area is 143 Å². The monoisotopic (exact) mass is 325 g/mol. The van der Waals surface area contributed by atoms with Crippen molar-refractivity contribution in [3.8, 4) is 0 Å². The van der Waals surface area contributed by atoms with Gasteiger partial charge in [-0.3, -0.25) is 4.79 Å². The molecule has 3 nitrogen and oxygen atoms in total. The highest BCUT2D eigenvalue weighted by Gasteiger charge is 2.41. The molecule has 1 aliphatic heterocycles. The summed E-state index contributed by atoms with van der Waals surface area (Å²) in [6.45, 7) is 2.37. The highest BCUT2D eigenvalue weighted by Crippen LogP contribution is 2.26. The summed E-state index contributed by atoms with van der Waals surface area (Å²) in [7, 11) is 0. The lowest BCUT2D eigenvalue weighted by Crippen LogP contribution is -2.63. The summed E-state index contributed by atoms with van der Waals surface area (Å²) in [4.78, 5) is 11.0. The summed E-state index contributed by atoms with van der Waals surface area (Å²) in [6.07, 6.45) is 20.5. The first kappa shape index (κ1) is 20.5. The minimum atomic E-state index is -0.270. The van der Waals surface area contributed by atoms with E-state index in [2.05, 4.69) is 12.2 Å². The molecule has 0 aromatic rings. The zero-order chi connectivity index (χ0) is 16.8. The predicted molar refractivity (Wildman–Crippen MR) is 97.5 cm³/mol. The smallest absolute Gasteiger partial charge is 0.222 e. The number of aliphatic hydroxyl groups is 1. The van der Waals surface area contributed by atoms with Crippen molar-refractivity contribution in [3.05, 3.63) is 0 Å². The van der Waals surface area contributed by atoms with Crippen LogP contribution in [0.1, 0.15) is 110 Å². The summed E-state index contributed by atoms with van der Waals surface area (Å²) in [5.74, 6) is 0.0874. The van der Waals surface area contributed by atoms with E-state index in [4.69, 9.17) is 0 Å². The first-order valence-electron chi connectivity index (χ1n) is 10.1. The van der Waals surface area contributed by atoms with E-state index in [-0.39, 0.29) is 18.1 Å². The van der Waals surface area contributed by atoms with Crippen LogP contribution < -0.4 is 5.32 Å². The van der Waals surface area contributed by atoms with Crippen LogP contribution >= 0.6 is 0 Å². The fourth-order valence-electron chi connectivity index (χ4n) is 3.57. The van der Waals surface area contributed by atoms with Gasteiger partial charge in [0.05, 0.1) is 18.6 Å². The molecule has 23 heavy (non-hydrogen) atoms. The van der Waals surface area contributed by atoms with Crippen molar-refractivity contribution in [2.45, 2.75) is 115 Å². The molecule has 0 aromatic carbocycles. The van der Waals surface area contributed by atoms with Crippen LogP contribution in [0.25, 0.3) is 0 Å². The van der Waals surface area contributed by atoms with Crippen molar-refractivity contribution < 1.29 is 9.90 Å². The molecule has 2 N–H and O–H groups in total. The number of rotatable bonds is 16. The Morgan fingerprint density at radius 1 is 0.826 bits per heavy atom. The van der Waals surface area contributed by atoms with Crippen LogP contribution in [-0.4, -0.2) is 23.2 Å². The van der Waals surface area contributed by atoms with Gasteiger partial charge in [0, 0.05) is 0 Å². The minimum Gasteiger partial charge on any atom is -0.394 e. The van der Waals surface area contributed by atoms with E-state index in [1.165, 1.54) is 83.5 Å². The van der Waals surface area contributed by atoms with Gasteiger partial charge < -0.3 is 10.4 Å². The van der Waals surface area contributed by atoms with Gasteiger partial charge in [-0.05, 0) is 6.42 Å². The maximum Gasteiger partial charge on any atom is 0.222 e. The highest BCUT2D eigenvalue weighted by molar-refractivity contribution is 5.84. The number of amides is 1. The van der Waals surface area contributed by atoms with E-state index in [1.54, 1.807) is 0 Å². The maximum absolute atomic E-state index is 11.0. The number of carbonyl (C=O) groups excluding carboxylic acids is 1. The maximum atomic E-state index is 11.0. The molecule has 0 radical (unpaired) electrons. The molecule has 1 saturated heterocycles. The Morgan fingerprint density at radius 2 is 1.22 bits per heavy atom. The summed E-state index contributed by atoms with van der Waals surface area (Å²) in [5, 5.41) is 12.2. The Hall–Kier alpha value is -0.570. The van der Waals surface area contributed by atoms with Gasteiger partial charge in [0.15, 0.2) is 0 Å². The highest BCUT2D eigenvalue weighted by atomic mass is 16.3. The largest absolute Gasteiger partial charge is 0.394 e. The molecular weight excluding hydrogens is 286 g/mol. The molecule has 1 unspecified atom stereocenters. The fourth-order valence-corrected chi connectivity index (χ4v) is 3.57. The van der Waals surface area contributed by atoms with Crippen LogP contribution in [0.5, 0.6) is 0 Å². The average Bonchev–Trinajstić information content (AvgIpc) is 2.53. The molecular formula is C20H39NO2. The molecule has 0 bridgehead atoms. The molecule has 1 amide bonds. The van der Waals surface area contributed by atoms with Gasteiger partial charge in [0.25, 0.3) is 0 Å². The first-order valence-corrected chi connectivity index (χ1v) is 10.1. The van der Waals surface area contributed by atoms with Gasteiger partial charge >= 0.3 is 0 Å². The second-order valence-electron chi connectivity index (χ2n) is 7.51. The third kappa shape index (κ3) is 9.34. The molecule has 1 fully saturated rings. The van der Waals surface area contributed by atoms with Gasteiger partial charge in [-0.2, -0.15) is 0 Å². The van der Waals surface area contributed by atoms with Crippen molar-refractivity contribution in [1.82, 2.24) is 5.32 Å². The van der Waals surface area contributed by atoms with Crippen molar-refractivity contribution in [1.29, 1.82) is 0 Å². The zero-order valence-corrected chi connectivity index (χ0v) is 15.4. The van der Waals surface area contributed by atoms with Crippen molar-refractivity contribution in [2.24, 2.45) is 0 Å². The van der Waals surface area contributed by atoms with E-state index >= 15 is 0 Å². The van der Waals surface area contributed by atoms with Crippen LogP contribution in [0, 0.1) is 0 Å². The SMILES string of the molecule is CCCCCCCCCCCCCCCCC1(CO)CC(=O)N1. The average molecular weight is 326 g/mol. The molecule has 1 rings (SSSR count). The Morgan fingerprint density at radius 3 is 1.57 bits per heavy atom. The van der Waals surface area contributed by atoms with Crippen LogP contribution in [0.3, 0.4) is 0 Å². The topological polar surface area (TPSA) is 49.3 Å². The fraction of sp³-hybridized carbons (Fsp3) is 0.950. The third-order valence-corrected chi connectivity index (χ3v) is 5.22. The predicted octanol–water partition coefficient (Wildman–Crippen LogP) is 5.11. The van der Waals surface area contributed by atoms with Gasteiger partial charge in [-0.15, -0.1) is 0 Å². The molecule has 1 heterocycles. The molecule has 1 aliphatic rings. The number of hydrogen-bond acceptors (Lipinski definition) is 2. The lowest BCUT2D eigenvalue weighted by molar-refractivity contribution is -0.135. The standard InChI is InChI=1S/C20H39NO2/c1-2-3-4-5-6-7-8-9-10-11-12-13-14-15-16-20(18-22)17-19(23)21-20/h22H,2-18H2,1H3,(H,21,23). The Balaban J connectivity index is 1.76. The van der Waals surface area contributed by atoms with E-state index in [0.29, 0.717) is 6.42 Å². The molecule has 0 aliphatic carbocycles. The number of aliphatic hydroxyl groups excluding tert-OH is 1. The quantitative estimate of drug-likeness (QED) is 0.306. The third-order valence-electron chi connectivity index (χ3n) is 5.22. The van der Waals surface area contributed by atoms with E-state index in [1.807, 2.05) is 0 Å². The number of nitrogens with one attached hydrogen (secondary N) is 1. The molecule has 0 spiro atoms.